The van der Waals surface area contributed by atoms with Crippen molar-refractivity contribution < 1.29 is 14.3 Å². The van der Waals surface area contributed by atoms with E-state index in [9.17, 15) is 4.79 Å². The Morgan fingerprint density at radius 2 is 1.62 bits per heavy atom. The van der Waals surface area contributed by atoms with Gasteiger partial charge >= 0.3 is 0 Å². The second kappa shape index (κ2) is 5.93. The molecule has 0 heterocycles. The van der Waals surface area contributed by atoms with Crippen LogP contribution >= 0.6 is 11.6 Å². The van der Waals surface area contributed by atoms with Crippen LogP contribution in [0.25, 0.3) is 0 Å². The van der Waals surface area contributed by atoms with Crippen LogP contribution in [0.2, 0.25) is 5.02 Å². The molecule has 0 saturated carbocycles. The Morgan fingerprint density at radius 1 is 1.00 bits per heavy atom. The van der Waals surface area contributed by atoms with Gasteiger partial charge in [-0.25, -0.2) is 0 Å². The Kier molecular flexibility index (Phi) is 4.23. The van der Waals surface area contributed by atoms with Crippen LogP contribution in [0.15, 0.2) is 30.3 Å². The van der Waals surface area contributed by atoms with Crippen LogP contribution in [0.5, 0.6) is 11.5 Å². The van der Waals surface area contributed by atoms with Crippen LogP contribution in [0.1, 0.15) is 15.9 Å². The van der Waals surface area contributed by atoms with Gasteiger partial charge < -0.3 is 20.9 Å². The second-order valence-corrected chi connectivity index (χ2v) is 4.77. The first-order chi connectivity index (χ1) is 9.97. The predicted octanol–water partition coefficient (Wildman–Crippen LogP) is 2.75. The molecule has 0 bridgehead atoms. The number of carbonyl (C=O) groups excluding carboxylic acids is 1. The number of methoxy groups -OCH3 is 2. The topological polar surface area (TPSA) is 87.6 Å². The highest BCUT2D eigenvalue weighted by Crippen LogP contribution is 2.34. The molecule has 4 N–H and O–H groups in total. The molecule has 0 atom stereocenters. The molecule has 0 aliphatic rings. The minimum absolute atomic E-state index is 0.258. The Morgan fingerprint density at radius 3 is 2.19 bits per heavy atom. The van der Waals surface area contributed by atoms with Gasteiger partial charge in [0.25, 0.3) is 0 Å². The molecule has 6 heteroatoms. The summed E-state index contributed by atoms with van der Waals surface area (Å²) < 4.78 is 10.3. The van der Waals surface area contributed by atoms with E-state index in [-0.39, 0.29) is 16.4 Å². The monoisotopic (exact) mass is 306 g/mol. The maximum Gasteiger partial charge on any atom is 0.196 e. The van der Waals surface area contributed by atoms with Crippen molar-refractivity contribution >= 4 is 28.8 Å². The number of hydrogen-bond acceptors (Lipinski definition) is 5. The molecule has 0 aliphatic carbocycles. The van der Waals surface area contributed by atoms with Crippen molar-refractivity contribution in [3.8, 4) is 11.5 Å². The van der Waals surface area contributed by atoms with Gasteiger partial charge in [0.2, 0.25) is 0 Å². The lowest BCUT2D eigenvalue weighted by Gasteiger charge is -2.12. The molecule has 0 amide bonds. The maximum absolute atomic E-state index is 12.6. The summed E-state index contributed by atoms with van der Waals surface area (Å²) in [6.07, 6.45) is 0. The van der Waals surface area contributed by atoms with Gasteiger partial charge in [0.15, 0.2) is 17.3 Å². The molecule has 0 fully saturated rings. The van der Waals surface area contributed by atoms with Crippen LogP contribution < -0.4 is 20.9 Å². The Hall–Kier alpha value is -2.40. The summed E-state index contributed by atoms with van der Waals surface area (Å²) >= 11 is 6.14. The number of halogens is 1. The van der Waals surface area contributed by atoms with Gasteiger partial charge in [-0.15, -0.1) is 0 Å². The molecule has 2 aromatic rings. The summed E-state index contributed by atoms with van der Waals surface area (Å²) in [7, 11) is 2.98. The van der Waals surface area contributed by atoms with Crippen LogP contribution in [-0.4, -0.2) is 20.0 Å². The van der Waals surface area contributed by atoms with Gasteiger partial charge in [-0.1, -0.05) is 11.6 Å². The molecule has 0 aliphatic heterocycles. The van der Waals surface area contributed by atoms with E-state index in [2.05, 4.69) is 0 Å². The molecule has 0 radical (unpaired) electrons. The minimum atomic E-state index is -0.307. The summed E-state index contributed by atoms with van der Waals surface area (Å²) in [5, 5.41) is 0.258. The molecule has 0 saturated heterocycles. The van der Waals surface area contributed by atoms with E-state index in [1.54, 1.807) is 12.1 Å². The summed E-state index contributed by atoms with van der Waals surface area (Å²) in [6, 6.07) is 7.76. The molecular formula is C15H15ClN2O3. The van der Waals surface area contributed by atoms with Crippen molar-refractivity contribution in [3.63, 3.8) is 0 Å². The fraction of sp³-hybridized carbons (Fsp3) is 0.133. The van der Waals surface area contributed by atoms with E-state index >= 15 is 0 Å². The standard InChI is InChI=1S/C15H15ClN2O3/c1-20-13-6-10(11(16)7-14(13)21-2)15(19)9-4-3-8(17)5-12(9)18/h3-7H,17-18H2,1-2H3. The van der Waals surface area contributed by atoms with Crippen LogP contribution in [0.4, 0.5) is 11.4 Å². The van der Waals surface area contributed by atoms with E-state index in [4.69, 9.17) is 32.5 Å². The van der Waals surface area contributed by atoms with Gasteiger partial charge in [0, 0.05) is 28.6 Å². The average molecular weight is 307 g/mol. The van der Waals surface area contributed by atoms with Crippen molar-refractivity contribution in [1.29, 1.82) is 0 Å². The molecule has 21 heavy (non-hydrogen) atoms. The molecule has 110 valence electrons. The first-order valence-electron chi connectivity index (χ1n) is 6.09. The molecule has 0 spiro atoms. The first-order valence-corrected chi connectivity index (χ1v) is 6.47. The summed E-state index contributed by atoms with van der Waals surface area (Å²) in [4.78, 5) is 12.6. The Labute approximate surface area is 127 Å². The number of ether oxygens (including phenoxy) is 2. The molecule has 0 unspecified atom stereocenters. The van der Waals surface area contributed by atoms with Crippen LogP contribution in [0, 0.1) is 0 Å². The predicted molar refractivity (Wildman–Crippen MR) is 83.3 cm³/mol. The quantitative estimate of drug-likeness (QED) is 0.670. The minimum Gasteiger partial charge on any atom is -0.493 e. The zero-order valence-corrected chi connectivity index (χ0v) is 12.4. The van der Waals surface area contributed by atoms with Gasteiger partial charge in [-0.3, -0.25) is 4.79 Å². The second-order valence-electron chi connectivity index (χ2n) is 4.36. The lowest BCUT2D eigenvalue weighted by molar-refractivity contribution is 0.103. The van der Waals surface area contributed by atoms with Gasteiger partial charge in [-0.2, -0.15) is 0 Å². The third-order valence-corrected chi connectivity index (χ3v) is 3.35. The number of ketones is 1. The van der Waals surface area contributed by atoms with Crippen molar-refractivity contribution in [1.82, 2.24) is 0 Å². The van der Waals surface area contributed by atoms with Crippen molar-refractivity contribution in [2.75, 3.05) is 25.7 Å². The highest BCUT2D eigenvalue weighted by molar-refractivity contribution is 6.35. The number of hydrogen-bond donors (Lipinski definition) is 2. The van der Waals surface area contributed by atoms with E-state index in [1.807, 2.05) is 0 Å². The highest BCUT2D eigenvalue weighted by Gasteiger charge is 2.19. The van der Waals surface area contributed by atoms with Crippen LogP contribution in [0.3, 0.4) is 0 Å². The summed E-state index contributed by atoms with van der Waals surface area (Å²) in [5.74, 6) is 0.557. The number of rotatable bonds is 4. The Balaban J connectivity index is 2.53. The largest absolute Gasteiger partial charge is 0.493 e. The van der Waals surface area contributed by atoms with Crippen LogP contribution in [-0.2, 0) is 0 Å². The number of nitrogens with two attached hydrogens (primary N) is 2. The third-order valence-electron chi connectivity index (χ3n) is 3.04. The van der Waals surface area contributed by atoms with E-state index in [0.29, 0.717) is 28.4 Å². The molecule has 5 nitrogen and oxygen atoms in total. The van der Waals surface area contributed by atoms with Crippen molar-refractivity contribution in [2.24, 2.45) is 0 Å². The van der Waals surface area contributed by atoms with E-state index < -0.39 is 0 Å². The number of carbonyl (C=O) groups is 1. The van der Waals surface area contributed by atoms with Gasteiger partial charge in [-0.05, 0) is 24.3 Å². The molecule has 0 aromatic heterocycles. The van der Waals surface area contributed by atoms with E-state index in [0.717, 1.165) is 0 Å². The first kappa shape index (κ1) is 15.0. The normalized spacial score (nSPS) is 10.2. The maximum atomic E-state index is 12.6. The highest BCUT2D eigenvalue weighted by atomic mass is 35.5. The van der Waals surface area contributed by atoms with Crippen molar-refractivity contribution in [3.05, 3.63) is 46.5 Å². The number of nitrogen functional groups attached to an aromatic ring is 2. The zero-order valence-electron chi connectivity index (χ0n) is 11.6. The van der Waals surface area contributed by atoms with Gasteiger partial charge in [0.1, 0.15) is 0 Å². The average Bonchev–Trinajstić information content (AvgIpc) is 2.46. The SMILES string of the molecule is COc1cc(Cl)c(C(=O)c2ccc(N)cc2N)cc1OC. The summed E-state index contributed by atoms with van der Waals surface area (Å²) in [5.41, 5.74) is 12.9. The summed E-state index contributed by atoms with van der Waals surface area (Å²) in [6.45, 7) is 0. The van der Waals surface area contributed by atoms with E-state index in [1.165, 1.54) is 32.4 Å². The lowest BCUT2D eigenvalue weighted by Crippen LogP contribution is -2.07. The van der Waals surface area contributed by atoms with Crippen molar-refractivity contribution in [2.45, 2.75) is 0 Å². The fourth-order valence-electron chi connectivity index (χ4n) is 1.96. The third kappa shape index (κ3) is 2.87. The Bertz CT molecular complexity index is 702. The molecule has 2 aromatic carbocycles. The molecule has 2 rings (SSSR count). The lowest BCUT2D eigenvalue weighted by atomic mass is 10.0. The fourth-order valence-corrected chi connectivity index (χ4v) is 2.20. The molecular weight excluding hydrogens is 292 g/mol. The number of anilines is 2. The zero-order chi connectivity index (χ0) is 15.6. The smallest absolute Gasteiger partial charge is 0.196 e. The van der Waals surface area contributed by atoms with Gasteiger partial charge in [0.05, 0.1) is 19.2 Å². The number of benzene rings is 2.